The van der Waals surface area contributed by atoms with Gasteiger partial charge in [-0.15, -0.1) is 0 Å². The molecule has 7 heteroatoms. The van der Waals surface area contributed by atoms with Crippen molar-refractivity contribution in [2.45, 2.75) is 32.1 Å². The van der Waals surface area contributed by atoms with Crippen LogP contribution in [0, 0.1) is 0 Å². The van der Waals surface area contributed by atoms with Crippen LogP contribution in [-0.4, -0.2) is 50.7 Å². The van der Waals surface area contributed by atoms with Gasteiger partial charge >= 0.3 is 5.97 Å². The monoisotopic (exact) mass is 523 g/mol. The third-order valence-electron chi connectivity index (χ3n) is 5.92. The minimum absolute atomic E-state index is 0.0998. The van der Waals surface area contributed by atoms with E-state index in [0.717, 1.165) is 36.1 Å². The van der Waals surface area contributed by atoms with Crippen molar-refractivity contribution >= 4 is 23.5 Å². The van der Waals surface area contributed by atoms with Gasteiger partial charge in [0.05, 0.1) is 38.2 Å². The lowest BCUT2D eigenvalue weighted by atomic mass is 10.1. The molecule has 0 unspecified atom stereocenters. The Morgan fingerprint density at radius 3 is 2.16 bits per heavy atom. The van der Waals surface area contributed by atoms with Crippen LogP contribution >= 0.6 is 11.6 Å². The van der Waals surface area contributed by atoms with Gasteiger partial charge in [0.2, 0.25) is 5.91 Å². The fourth-order valence-corrected chi connectivity index (χ4v) is 3.92. The van der Waals surface area contributed by atoms with E-state index in [9.17, 15) is 9.59 Å². The second-order valence-electron chi connectivity index (χ2n) is 8.79. The number of likely N-dealkylation sites (N-methyl/N-ethyl adjacent to an activating group) is 1. The number of ether oxygens (including phenoxy) is 3. The lowest BCUT2D eigenvalue weighted by Crippen LogP contribution is -2.30. The van der Waals surface area contributed by atoms with Crippen LogP contribution in [0.25, 0.3) is 0 Å². The van der Waals surface area contributed by atoms with Crippen LogP contribution in [0.15, 0.2) is 72.8 Å². The number of rotatable bonds is 14. The number of amides is 1. The van der Waals surface area contributed by atoms with E-state index in [1.165, 1.54) is 12.7 Å². The van der Waals surface area contributed by atoms with E-state index in [-0.39, 0.29) is 18.3 Å². The number of methoxy groups -OCH3 is 1. The molecule has 0 aliphatic carbocycles. The van der Waals surface area contributed by atoms with E-state index in [0.29, 0.717) is 37.0 Å². The van der Waals surface area contributed by atoms with Crippen molar-refractivity contribution < 1.29 is 23.8 Å². The smallest absolute Gasteiger partial charge is 0.309 e. The van der Waals surface area contributed by atoms with Crippen molar-refractivity contribution in [2.24, 2.45) is 0 Å². The quantitative estimate of drug-likeness (QED) is 0.205. The summed E-state index contributed by atoms with van der Waals surface area (Å²) in [6.07, 6.45) is 3.02. The van der Waals surface area contributed by atoms with Gasteiger partial charge in [-0.2, -0.15) is 0 Å². The molecule has 1 amide bonds. The molecule has 0 aliphatic heterocycles. The number of nitrogens with zero attached hydrogens (tertiary/aromatic N) is 1. The van der Waals surface area contributed by atoms with Gasteiger partial charge in [-0.3, -0.25) is 9.59 Å². The molecule has 0 saturated carbocycles. The highest BCUT2D eigenvalue weighted by atomic mass is 35.5. The molecule has 3 rings (SSSR count). The molecule has 6 nitrogen and oxygen atoms in total. The molecular formula is C30H34ClNO5. The Morgan fingerprint density at radius 1 is 0.811 bits per heavy atom. The van der Waals surface area contributed by atoms with Crippen LogP contribution in [0.4, 0.5) is 0 Å². The minimum Gasteiger partial charge on any atom is -0.494 e. The first-order chi connectivity index (χ1) is 17.9. The van der Waals surface area contributed by atoms with Gasteiger partial charge in [-0.05, 0) is 60.2 Å². The summed E-state index contributed by atoms with van der Waals surface area (Å²) in [6, 6.07) is 23.2. The number of esters is 1. The standard InChI is InChI=1S/C30H34ClNO5/c1-32(17-16-23-8-4-3-5-9-23)29(33)21-24-10-13-26(14-11-24)36-18-6-7-19-37-28-15-12-25(20-27(28)31)22-30(34)35-2/h3-5,8-15,20H,6-7,16-19,21-22H2,1-2H3. The summed E-state index contributed by atoms with van der Waals surface area (Å²) >= 11 is 6.25. The van der Waals surface area contributed by atoms with Crippen LogP contribution in [0.2, 0.25) is 5.02 Å². The summed E-state index contributed by atoms with van der Waals surface area (Å²) in [5, 5.41) is 0.471. The maximum atomic E-state index is 12.5. The van der Waals surface area contributed by atoms with Crippen molar-refractivity contribution in [1.82, 2.24) is 4.90 Å². The molecule has 0 atom stereocenters. The average Bonchev–Trinajstić information content (AvgIpc) is 2.91. The first-order valence-corrected chi connectivity index (χ1v) is 12.8. The zero-order valence-corrected chi connectivity index (χ0v) is 22.2. The first kappa shape index (κ1) is 28.1. The molecule has 3 aromatic carbocycles. The summed E-state index contributed by atoms with van der Waals surface area (Å²) in [4.78, 5) is 25.7. The van der Waals surface area contributed by atoms with Gasteiger partial charge in [0.15, 0.2) is 0 Å². The molecule has 0 fully saturated rings. The fraction of sp³-hybridized carbons (Fsp3) is 0.333. The van der Waals surface area contributed by atoms with Crippen LogP contribution in [-0.2, 0) is 33.6 Å². The maximum Gasteiger partial charge on any atom is 0.309 e. The molecule has 0 saturated heterocycles. The third kappa shape index (κ3) is 9.81. The molecule has 0 spiro atoms. The molecule has 0 bridgehead atoms. The topological polar surface area (TPSA) is 65.1 Å². The maximum absolute atomic E-state index is 12.5. The van der Waals surface area contributed by atoms with Gasteiger partial charge < -0.3 is 19.1 Å². The number of hydrogen-bond acceptors (Lipinski definition) is 5. The summed E-state index contributed by atoms with van der Waals surface area (Å²) < 4.78 is 16.2. The Bertz CT molecular complexity index is 1130. The van der Waals surface area contributed by atoms with Crippen LogP contribution in [0.5, 0.6) is 11.5 Å². The average molecular weight is 524 g/mol. The molecule has 0 aromatic heterocycles. The highest BCUT2D eigenvalue weighted by Crippen LogP contribution is 2.26. The first-order valence-electron chi connectivity index (χ1n) is 12.4. The molecule has 0 N–H and O–H groups in total. The normalized spacial score (nSPS) is 10.6. The molecule has 0 radical (unpaired) electrons. The second kappa shape index (κ2) is 14.9. The number of halogens is 1. The van der Waals surface area contributed by atoms with E-state index in [1.54, 1.807) is 23.1 Å². The van der Waals surface area contributed by atoms with Gasteiger partial charge in [-0.25, -0.2) is 0 Å². The lowest BCUT2D eigenvalue weighted by molar-refractivity contribution is -0.139. The number of hydrogen-bond donors (Lipinski definition) is 0. The van der Waals surface area contributed by atoms with Gasteiger partial charge in [-0.1, -0.05) is 60.1 Å². The molecule has 0 aliphatic rings. The predicted molar refractivity (Wildman–Crippen MR) is 145 cm³/mol. The van der Waals surface area contributed by atoms with E-state index < -0.39 is 0 Å². The largest absolute Gasteiger partial charge is 0.494 e. The summed E-state index contributed by atoms with van der Waals surface area (Å²) in [5.41, 5.74) is 2.97. The van der Waals surface area contributed by atoms with Gasteiger partial charge in [0.1, 0.15) is 11.5 Å². The Hall–Kier alpha value is -3.51. The Kier molecular flexibility index (Phi) is 11.3. The van der Waals surface area contributed by atoms with Crippen LogP contribution in [0.1, 0.15) is 29.5 Å². The predicted octanol–water partition coefficient (Wildman–Crippen LogP) is 5.54. The summed E-state index contributed by atoms with van der Waals surface area (Å²) in [5.74, 6) is 1.16. The van der Waals surface area contributed by atoms with Crippen molar-refractivity contribution in [3.05, 3.63) is 94.5 Å². The van der Waals surface area contributed by atoms with E-state index in [2.05, 4.69) is 16.9 Å². The Balaban J connectivity index is 1.31. The Labute approximate surface area is 224 Å². The molecule has 37 heavy (non-hydrogen) atoms. The molecule has 0 heterocycles. The van der Waals surface area contributed by atoms with Crippen LogP contribution < -0.4 is 9.47 Å². The Morgan fingerprint density at radius 2 is 1.49 bits per heavy atom. The van der Waals surface area contributed by atoms with Gasteiger partial charge in [0.25, 0.3) is 0 Å². The summed E-state index contributed by atoms with van der Waals surface area (Å²) in [6.45, 7) is 1.77. The van der Waals surface area contributed by atoms with Crippen molar-refractivity contribution in [1.29, 1.82) is 0 Å². The fourth-order valence-electron chi connectivity index (χ4n) is 3.67. The van der Waals surface area contributed by atoms with Gasteiger partial charge in [0, 0.05) is 13.6 Å². The third-order valence-corrected chi connectivity index (χ3v) is 6.22. The van der Waals surface area contributed by atoms with E-state index in [1.807, 2.05) is 49.5 Å². The summed E-state index contributed by atoms with van der Waals surface area (Å²) in [7, 11) is 3.21. The number of carbonyl (C=O) groups is 2. The molecule has 196 valence electrons. The number of benzene rings is 3. The SMILES string of the molecule is COC(=O)Cc1ccc(OCCCCOc2ccc(CC(=O)N(C)CCc3ccccc3)cc2)c(Cl)c1. The zero-order valence-electron chi connectivity index (χ0n) is 21.5. The second-order valence-corrected chi connectivity index (χ2v) is 9.20. The van der Waals surface area contributed by atoms with E-state index in [4.69, 9.17) is 21.1 Å². The molecule has 3 aromatic rings. The number of carbonyl (C=O) groups excluding carboxylic acids is 2. The lowest BCUT2D eigenvalue weighted by Gasteiger charge is -2.17. The van der Waals surface area contributed by atoms with Crippen molar-refractivity contribution in [3.8, 4) is 11.5 Å². The van der Waals surface area contributed by atoms with Crippen molar-refractivity contribution in [2.75, 3.05) is 33.9 Å². The van der Waals surface area contributed by atoms with Crippen molar-refractivity contribution in [3.63, 3.8) is 0 Å². The zero-order chi connectivity index (χ0) is 26.5. The highest BCUT2D eigenvalue weighted by molar-refractivity contribution is 6.32. The number of unbranched alkanes of at least 4 members (excludes halogenated alkanes) is 1. The van der Waals surface area contributed by atoms with E-state index >= 15 is 0 Å². The highest BCUT2D eigenvalue weighted by Gasteiger charge is 2.10. The minimum atomic E-state index is -0.310. The molecular weight excluding hydrogens is 490 g/mol. The van der Waals surface area contributed by atoms with Crippen LogP contribution in [0.3, 0.4) is 0 Å².